The number of ketones is 1. The van der Waals surface area contributed by atoms with Crippen molar-refractivity contribution in [3.63, 3.8) is 0 Å². The van der Waals surface area contributed by atoms with Crippen LogP contribution in [0.2, 0.25) is 5.02 Å². The molecule has 29 heavy (non-hydrogen) atoms. The molecule has 1 spiro atoms. The number of Topliss-reactive ketones (excluding diaryl/α,β-unsaturated/α-hetero) is 1. The van der Waals surface area contributed by atoms with E-state index in [2.05, 4.69) is 0 Å². The molecule has 1 atom stereocenters. The van der Waals surface area contributed by atoms with E-state index in [0.29, 0.717) is 34.6 Å². The van der Waals surface area contributed by atoms with Gasteiger partial charge in [-0.2, -0.15) is 0 Å². The number of rotatable bonds is 3. The van der Waals surface area contributed by atoms with Crippen molar-refractivity contribution in [1.82, 2.24) is 0 Å². The number of hydrogen-bond donors (Lipinski definition) is 0. The second-order valence-electron chi connectivity index (χ2n) is 7.91. The van der Waals surface area contributed by atoms with Gasteiger partial charge in [-0.25, -0.2) is 8.42 Å². The average Bonchev–Trinajstić information content (AvgIpc) is 3.22. The highest BCUT2D eigenvalue weighted by Crippen LogP contribution is 2.46. The molecule has 1 aliphatic heterocycles. The van der Waals surface area contributed by atoms with Crippen molar-refractivity contribution in [3.8, 4) is 11.1 Å². The topological polar surface area (TPSA) is 77.5 Å². The van der Waals surface area contributed by atoms with E-state index in [4.69, 9.17) is 16.3 Å². The lowest BCUT2D eigenvalue weighted by molar-refractivity contribution is -0.151. The fourth-order valence-electron chi connectivity index (χ4n) is 4.36. The highest BCUT2D eigenvalue weighted by Gasteiger charge is 2.56. The maximum absolute atomic E-state index is 13.1. The van der Waals surface area contributed by atoms with E-state index in [-0.39, 0.29) is 10.7 Å². The Hall–Kier alpha value is -2.18. The summed E-state index contributed by atoms with van der Waals surface area (Å²) in [6.07, 6.45) is 4.06. The molecule has 2 fully saturated rings. The van der Waals surface area contributed by atoms with E-state index < -0.39 is 27.3 Å². The first-order valence-corrected chi connectivity index (χ1v) is 11.8. The molecule has 0 N–H and O–H groups in total. The molecule has 1 aliphatic carbocycles. The molecule has 1 saturated heterocycles. The molecular weight excluding hydrogens is 412 g/mol. The zero-order chi connectivity index (χ0) is 21.0. The molecule has 2 aromatic rings. The molecule has 5 nitrogen and oxygen atoms in total. The molecule has 0 bridgehead atoms. The zero-order valence-electron chi connectivity index (χ0n) is 16.2. The van der Waals surface area contributed by atoms with Crippen molar-refractivity contribution < 1.29 is 22.7 Å². The van der Waals surface area contributed by atoms with Crippen LogP contribution in [0.5, 0.6) is 0 Å². The van der Waals surface area contributed by atoms with Gasteiger partial charge in [-0.05, 0) is 73.6 Å². The lowest BCUT2D eigenvalue weighted by Crippen LogP contribution is -2.33. The molecule has 0 amide bonds. The van der Waals surface area contributed by atoms with Gasteiger partial charge in [-0.3, -0.25) is 9.59 Å². The molecule has 2 aromatic carbocycles. The fraction of sp³-hybridized carbons (Fsp3) is 0.364. The van der Waals surface area contributed by atoms with Crippen LogP contribution in [0.25, 0.3) is 11.1 Å². The van der Waals surface area contributed by atoms with Crippen LogP contribution in [0.4, 0.5) is 0 Å². The minimum Gasteiger partial charge on any atom is -0.450 e. The Bertz CT molecular complexity index is 1130. The van der Waals surface area contributed by atoms with Gasteiger partial charge in [0.2, 0.25) is 0 Å². The van der Waals surface area contributed by atoms with Crippen LogP contribution in [-0.4, -0.2) is 32.0 Å². The number of halogens is 1. The number of sulfone groups is 1. The molecule has 152 valence electrons. The minimum atomic E-state index is -3.35. The van der Waals surface area contributed by atoms with Crippen molar-refractivity contribution in [1.29, 1.82) is 0 Å². The quantitative estimate of drug-likeness (QED) is 0.535. The van der Waals surface area contributed by atoms with Crippen LogP contribution in [0.15, 0.2) is 41.3 Å². The summed E-state index contributed by atoms with van der Waals surface area (Å²) in [5.41, 5.74) is 1.62. The summed E-state index contributed by atoms with van der Waals surface area (Å²) >= 11 is 6.51. The monoisotopic (exact) mass is 432 g/mol. The third kappa shape index (κ3) is 3.38. The van der Waals surface area contributed by atoms with Gasteiger partial charge in [0.05, 0.1) is 4.90 Å². The average molecular weight is 433 g/mol. The van der Waals surface area contributed by atoms with Crippen LogP contribution in [0.1, 0.15) is 42.7 Å². The van der Waals surface area contributed by atoms with Gasteiger partial charge in [-0.15, -0.1) is 0 Å². The largest absolute Gasteiger partial charge is 0.450 e. The molecular formula is C22H21ClO5S. The Morgan fingerprint density at radius 1 is 1.10 bits per heavy atom. The summed E-state index contributed by atoms with van der Waals surface area (Å²) < 4.78 is 29.3. The summed E-state index contributed by atoms with van der Waals surface area (Å²) in [7, 11) is -3.35. The number of hydrogen-bond acceptors (Lipinski definition) is 5. The summed E-state index contributed by atoms with van der Waals surface area (Å²) in [6.45, 7) is 1.82. The van der Waals surface area contributed by atoms with Gasteiger partial charge in [0.25, 0.3) is 0 Å². The number of benzene rings is 2. The maximum atomic E-state index is 13.1. The smallest absolute Gasteiger partial charge is 0.322 e. The molecule has 7 heteroatoms. The number of carbonyl (C=O) groups is 2. The Morgan fingerprint density at radius 2 is 1.79 bits per heavy atom. The third-order valence-electron chi connectivity index (χ3n) is 5.89. The van der Waals surface area contributed by atoms with Crippen molar-refractivity contribution in [2.45, 2.75) is 49.0 Å². The minimum absolute atomic E-state index is 0.175. The number of aryl methyl sites for hydroxylation is 1. The van der Waals surface area contributed by atoms with Gasteiger partial charge in [-0.1, -0.05) is 23.7 Å². The molecule has 1 saturated carbocycles. The second-order valence-corrected chi connectivity index (χ2v) is 10.3. The maximum Gasteiger partial charge on any atom is 0.322 e. The first-order valence-electron chi connectivity index (χ1n) is 9.50. The van der Waals surface area contributed by atoms with Crippen LogP contribution in [-0.2, 0) is 24.2 Å². The Balaban J connectivity index is 1.76. The molecule has 0 radical (unpaired) electrons. The van der Waals surface area contributed by atoms with E-state index in [1.165, 1.54) is 6.07 Å². The predicted octanol–water partition coefficient (Wildman–Crippen LogP) is 4.24. The van der Waals surface area contributed by atoms with Gasteiger partial charge in [0, 0.05) is 16.8 Å². The number of esters is 1. The van der Waals surface area contributed by atoms with Gasteiger partial charge < -0.3 is 4.74 Å². The predicted molar refractivity (Wildman–Crippen MR) is 110 cm³/mol. The highest BCUT2D eigenvalue weighted by atomic mass is 35.5. The second kappa shape index (κ2) is 6.96. The third-order valence-corrected chi connectivity index (χ3v) is 7.32. The molecule has 1 unspecified atom stereocenters. The van der Waals surface area contributed by atoms with E-state index in [9.17, 15) is 18.0 Å². The highest BCUT2D eigenvalue weighted by molar-refractivity contribution is 7.90. The molecule has 4 rings (SSSR count). The number of carbonyl (C=O) groups excluding carboxylic acids is 2. The van der Waals surface area contributed by atoms with Crippen molar-refractivity contribution in [2.24, 2.45) is 0 Å². The lowest BCUT2D eigenvalue weighted by atomic mass is 9.84. The van der Waals surface area contributed by atoms with Gasteiger partial charge in [0.15, 0.2) is 21.2 Å². The van der Waals surface area contributed by atoms with Gasteiger partial charge in [0.1, 0.15) is 5.92 Å². The summed E-state index contributed by atoms with van der Waals surface area (Å²) in [5, 5.41) is 0.351. The zero-order valence-corrected chi connectivity index (χ0v) is 17.8. The summed E-state index contributed by atoms with van der Waals surface area (Å²) in [4.78, 5) is 25.8. The van der Waals surface area contributed by atoms with Crippen LogP contribution in [0.3, 0.4) is 0 Å². The van der Waals surface area contributed by atoms with E-state index in [1.54, 1.807) is 30.3 Å². The summed E-state index contributed by atoms with van der Waals surface area (Å²) in [5.74, 6) is -1.64. The van der Waals surface area contributed by atoms with Crippen molar-refractivity contribution >= 4 is 33.2 Å². The van der Waals surface area contributed by atoms with Crippen LogP contribution < -0.4 is 0 Å². The first kappa shape index (κ1) is 20.1. The van der Waals surface area contributed by atoms with E-state index >= 15 is 0 Å². The van der Waals surface area contributed by atoms with Crippen molar-refractivity contribution in [2.75, 3.05) is 6.26 Å². The molecule has 0 aromatic heterocycles. The first-order chi connectivity index (χ1) is 13.6. The summed E-state index contributed by atoms with van der Waals surface area (Å²) in [6, 6.07) is 9.96. The standard InChI is InChI=1S/C22H21ClO5S/c1-13-10-17(14-6-5-7-15(11-14)29(2,26)27)18(23)12-16(13)19-20(24)22(28-21(19)25)8-3-4-9-22/h5-7,10-12,19H,3-4,8-9H2,1-2H3. The van der Waals surface area contributed by atoms with E-state index in [1.807, 2.05) is 6.92 Å². The SMILES string of the molecule is Cc1cc(-c2cccc(S(C)(=O)=O)c2)c(Cl)cc1C1C(=O)OC2(CCCC2)C1=O. The van der Waals surface area contributed by atoms with E-state index in [0.717, 1.165) is 24.7 Å². The Morgan fingerprint density at radius 3 is 2.45 bits per heavy atom. The van der Waals surface area contributed by atoms with Crippen molar-refractivity contribution in [3.05, 3.63) is 52.5 Å². The van der Waals surface area contributed by atoms with Crippen LogP contribution >= 0.6 is 11.6 Å². The van der Waals surface area contributed by atoms with Gasteiger partial charge >= 0.3 is 5.97 Å². The molecule has 1 heterocycles. The normalized spacial score (nSPS) is 21.0. The fourth-order valence-corrected chi connectivity index (χ4v) is 5.31. The lowest BCUT2D eigenvalue weighted by Gasteiger charge is -2.19. The number of ether oxygens (including phenoxy) is 1. The molecule has 2 aliphatic rings. The Labute approximate surface area is 174 Å². The Kier molecular flexibility index (Phi) is 4.82. The van der Waals surface area contributed by atoms with Crippen LogP contribution in [0, 0.1) is 6.92 Å².